The minimum absolute atomic E-state index is 0.113. The van der Waals surface area contributed by atoms with E-state index in [-0.39, 0.29) is 11.8 Å². The number of fused-ring (bicyclic) bond motifs is 2. The predicted molar refractivity (Wildman–Crippen MR) is 119 cm³/mol. The monoisotopic (exact) mass is 393 g/mol. The van der Waals surface area contributed by atoms with Crippen molar-refractivity contribution in [3.05, 3.63) is 78.9 Å². The van der Waals surface area contributed by atoms with Gasteiger partial charge in [-0.25, -0.2) is 4.98 Å². The summed E-state index contributed by atoms with van der Waals surface area (Å²) < 4.78 is 5.57. The van der Waals surface area contributed by atoms with Crippen molar-refractivity contribution in [3.8, 4) is 34.5 Å². The first-order chi connectivity index (χ1) is 14.7. The Labute approximate surface area is 173 Å². The lowest BCUT2D eigenvalue weighted by Gasteiger charge is -2.10. The third-order valence-electron chi connectivity index (χ3n) is 5.00. The Morgan fingerprint density at radius 3 is 2.13 bits per heavy atom. The second kappa shape index (κ2) is 7.44. The van der Waals surface area contributed by atoms with Gasteiger partial charge in [0.25, 0.3) is 0 Å². The van der Waals surface area contributed by atoms with Crippen molar-refractivity contribution in [1.82, 2.24) is 15.0 Å². The Kier molecular flexibility index (Phi) is 4.48. The molecule has 1 heterocycles. The maximum absolute atomic E-state index is 10.2. The van der Waals surface area contributed by atoms with Gasteiger partial charge in [0.2, 0.25) is 0 Å². The molecule has 5 heteroatoms. The number of nitrogens with zero attached hydrogens (tertiary/aromatic N) is 3. The van der Waals surface area contributed by atoms with Gasteiger partial charge >= 0.3 is 6.01 Å². The van der Waals surface area contributed by atoms with E-state index in [2.05, 4.69) is 51.4 Å². The summed E-state index contributed by atoms with van der Waals surface area (Å²) in [6, 6.07) is 26.0. The summed E-state index contributed by atoms with van der Waals surface area (Å²) in [4.78, 5) is 13.5. The third-order valence-corrected chi connectivity index (χ3v) is 5.00. The molecule has 0 bridgehead atoms. The van der Waals surface area contributed by atoms with E-state index < -0.39 is 0 Å². The van der Waals surface area contributed by atoms with Crippen LogP contribution < -0.4 is 4.74 Å². The molecule has 5 aromatic rings. The number of aromatic nitrogens is 3. The summed E-state index contributed by atoms with van der Waals surface area (Å²) in [6.07, 6.45) is 0. The average molecular weight is 393 g/mol. The molecule has 0 saturated carbocycles. The van der Waals surface area contributed by atoms with Crippen molar-refractivity contribution >= 4 is 21.5 Å². The Hall–Kier alpha value is -3.99. The van der Waals surface area contributed by atoms with E-state index in [1.54, 1.807) is 18.2 Å². The Bertz CT molecular complexity index is 1380. The molecular formula is C25H19N3O2. The number of rotatable bonds is 4. The van der Waals surface area contributed by atoms with Crippen LogP contribution in [0.5, 0.6) is 11.8 Å². The zero-order chi connectivity index (χ0) is 20.5. The molecule has 0 unspecified atom stereocenters. The number of aromatic hydroxyl groups is 1. The molecule has 0 saturated heterocycles. The number of hydrogen-bond acceptors (Lipinski definition) is 5. The molecule has 0 atom stereocenters. The Morgan fingerprint density at radius 1 is 0.700 bits per heavy atom. The van der Waals surface area contributed by atoms with Gasteiger partial charge in [-0.1, -0.05) is 48.5 Å². The van der Waals surface area contributed by atoms with Gasteiger partial charge in [0, 0.05) is 5.56 Å². The van der Waals surface area contributed by atoms with E-state index in [4.69, 9.17) is 4.74 Å². The number of hydrogen-bond donors (Lipinski definition) is 1. The zero-order valence-corrected chi connectivity index (χ0v) is 16.4. The summed E-state index contributed by atoms with van der Waals surface area (Å²) in [5.41, 5.74) is 1.40. The van der Waals surface area contributed by atoms with Gasteiger partial charge in [-0.05, 0) is 58.8 Å². The lowest BCUT2D eigenvalue weighted by atomic mass is 10.0. The number of ether oxygens (including phenoxy) is 1. The van der Waals surface area contributed by atoms with Crippen LogP contribution in [-0.2, 0) is 0 Å². The van der Waals surface area contributed by atoms with Crippen molar-refractivity contribution in [1.29, 1.82) is 0 Å². The van der Waals surface area contributed by atoms with E-state index in [9.17, 15) is 5.11 Å². The van der Waals surface area contributed by atoms with Crippen LogP contribution in [0.4, 0.5) is 0 Å². The lowest BCUT2D eigenvalue weighted by Crippen LogP contribution is -2.03. The highest BCUT2D eigenvalue weighted by Crippen LogP contribution is 2.30. The molecule has 0 amide bonds. The lowest BCUT2D eigenvalue weighted by molar-refractivity contribution is 0.312. The SMILES string of the molecule is CCOc1nc(-c2ccc3cc4ccccc4cc3c2)nc(-c2ccccc2O)n1. The van der Waals surface area contributed by atoms with Crippen molar-refractivity contribution in [2.24, 2.45) is 0 Å². The normalized spacial score (nSPS) is 11.1. The van der Waals surface area contributed by atoms with E-state index in [0.717, 1.165) is 16.3 Å². The van der Waals surface area contributed by atoms with Gasteiger partial charge in [0.15, 0.2) is 11.6 Å². The highest BCUT2D eigenvalue weighted by Gasteiger charge is 2.14. The summed E-state index contributed by atoms with van der Waals surface area (Å²) in [7, 11) is 0. The molecule has 0 radical (unpaired) electrons. The molecule has 146 valence electrons. The molecule has 0 aliphatic heterocycles. The van der Waals surface area contributed by atoms with E-state index in [1.807, 2.05) is 31.2 Å². The average Bonchev–Trinajstić information content (AvgIpc) is 2.77. The largest absolute Gasteiger partial charge is 0.507 e. The fraction of sp³-hybridized carbons (Fsp3) is 0.0800. The van der Waals surface area contributed by atoms with Crippen LogP contribution in [0.3, 0.4) is 0 Å². The molecule has 1 aromatic heterocycles. The quantitative estimate of drug-likeness (QED) is 0.402. The molecule has 4 aromatic carbocycles. The van der Waals surface area contributed by atoms with Gasteiger partial charge < -0.3 is 9.84 Å². The summed E-state index contributed by atoms with van der Waals surface area (Å²) in [6.45, 7) is 2.32. The van der Waals surface area contributed by atoms with E-state index in [1.165, 1.54) is 10.8 Å². The molecule has 30 heavy (non-hydrogen) atoms. The van der Waals surface area contributed by atoms with Gasteiger partial charge in [0.05, 0.1) is 12.2 Å². The summed E-state index contributed by atoms with van der Waals surface area (Å²) in [5.74, 6) is 0.990. The van der Waals surface area contributed by atoms with Crippen LogP contribution in [0.2, 0.25) is 0 Å². The molecule has 1 N–H and O–H groups in total. The predicted octanol–water partition coefficient (Wildman–Crippen LogP) is 5.62. The minimum atomic E-state index is 0.113. The van der Waals surface area contributed by atoms with E-state index >= 15 is 0 Å². The van der Waals surface area contributed by atoms with Crippen LogP contribution in [0.25, 0.3) is 44.3 Å². The highest BCUT2D eigenvalue weighted by atomic mass is 16.5. The maximum Gasteiger partial charge on any atom is 0.320 e. The fourth-order valence-corrected chi connectivity index (χ4v) is 3.54. The molecule has 5 nitrogen and oxygen atoms in total. The van der Waals surface area contributed by atoms with Crippen LogP contribution in [-0.4, -0.2) is 26.7 Å². The molecule has 0 fully saturated rings. The second-order valence-corrected chi connectivity index (χ2v) is 6.98. The summed E-state index contributed by atoms with van der Waals surface area (Å²) in [5, 5.41) is 14.9. The molecule has 0 spiro atoms. The summed E-state index contributed by atoms with van der Waals surface area (Å²) >= 11 is 0. The van der Waals surface area contributed by atoms with Crippen LogP contribution in [0, 0.1) is 0 Å². The first-order valence-electron chi connectivity index (χ1n) is 9.81. The Morgan fingerprint density at radius 2 is 1.37 bits per heavy atom. The van der Waals surface area contributed by atoms with Crippen LogP contribution in [0.15, 0.2) is 78.9 Å². The Balaban J connectivity index is 1.67. The smallest absolute Gasteiger partial charge is 0.320 e. The van der Waals surface area contributed by atoms with Gasteiger partial charge in [-0.3, -0.25) is 0 Å². The standard InChI is InChI=1S/C25H19N3O2/c1-2-30-25-27-23(26-24(28-25)21-9-5-6-10-22(21)29)19-12-11-18-13-16-7-3-4-8-17(16)14-20(18)15-19/h3-15,29H,2H2,1H3. The fourth-order valence-electron chi connectivity index (χ4n) is 3.54. The topological polar surface area (TPSA) is 68.1 Å². The zero-order valence-electron chi connectivity index (χ0n) is 16.4. The number of phenolic OH excluding ortho intramolecular Hbond substituents is 1. The van der Waals surface area contributed by atoms with Gasteiger partial charge in [0.1, 0.15) is 5.75 Å². The maximum atomic E-state index is 10.2. The number of para-hydroxylation sites is 1. The first-order valence-corrected chi connectivity index (χ1v) is 9.81. The van der Waals surface area contributed by atoms with Gasteiger partial charge in [-0.15, -0.1) is 0 Å². The van der Waals surface area contributed by atoms with Crippen LogP contribution >= 0.6 is 0 Å². The first kappa shape index (κ1) is 18.1. The highest BCUT2D eigenvalue weighted by molar-refractivity contribution is 5.99. The minimum Gasteiger partial charge on any atom is -0.507 e. The third kappa shape index (κ3) is 3.31. The van der Waals surface area contributed by atoms with Crippen molar-refractivity contribution in [3.63, 3.8) is 0 Å². The van der Waals surface area contributed by atoms with E-state index in [0.29, 0.717) is 23.8 Å². The molecule has 0 aliphatic carbocycles. The van der Waals surface area contributed by atoms with Crippen molar-refractivity contribution < 1.29 is 9.84 Å². The number of benzene rings is 4. The van der Waals surface area contributed by atoms with Crippen molar-refractivity contribution in [2.45, 2.75) is 6.92 Å². The number of phenols is 1. The van der Waals surface area contributed by atoms with Gasteiger partial charge in [-0.2, -0.15) is 9.97 Å². The molecule has 5 rings (SSSR count). The van der Waals surface area contributed by atoms with Crippen molar-refractivity contribution in [2.75, 3.05) is 6.61 Å². The van der Waals surface area contributed by atoms with Crippen LogP contribution in [0.1, 0.15) is 6.92 Å². The molecule has 0 aliphatic rings. The molecular weight excluding hydrogens is 374 g/mol. The second-order valence-electron chi connectivity index (χ2n) is 6.98.